The highest BCUT2D eigenvalue weighted by Gasteiger charge is 2.36. The third-order valence-corrected chi connectivity index (χ3v) is 4.72. The standard InChI is InChI=1S/C20H19F6N5O2/c1-3-33-16(32)5-4-15-11(2)30-18-28-10-29-31(18)17(15)27-9-12-6-13(19(21,22)23)8-14(7-12)20(24,25)26/h6-8,10,27H,3-5,9H2,1-2H3. The zero-order valence-corrected chi connectivity index (χ0v) is 17.5. The quantitative estimate of drug-likeness (QED) is 0.398. The van der Waals surface area contributed by atoms with E-state index < -0.39 is 29.4 Å². The first kappa shape index (κ1) is 24.3. The minimum atomic E-state index is -4.95. The van der Waals surface area contributed by atoms with E-state index >= 15 is 0 Å². The smallest absolute Gasteiger partial charge is 0.416 e. The summed E-state index contributed by atoms with van der Waals surface area (Å²) in [7, 11) is 0. The monoisotopic (exact) mass is 475 g/mol. The Morgan fingerprint density at radius 3 is 2.30 bits per heavy atom. The van der Waals surface area contributed by atoms with E-state index in [1.807, 2.05) is 0 Å². The molecule has 178 valence electrons. The van der Waals surface area contributed by atoms with E-state index in [1.165, 1.54) is 10.8 Å². The lowest BCUT2D eigenvalue weighted by Gasteiger charge is -2.17. The second kappa shape index (κ2) is 9.24. The van der Waals surface area contributed by atoms with Gasteiger partial charge in [-0.15, -0.1) is 0 Å². The third-order valence-electron chi connectivity index (χ3n) is 4.72. The number of aromatic nitrogens is 4. The summed E-state index contributed by atoms with van der Waals surface area (Å²) in [6.45, 7) is 3.12. The van der Waals surface area contributed by atoms with Crippen molar-refractivity contribution in [3.05, 3.63) is 52.5 Å². The number of ether oxygens (including phenoxy) is 1. The summed E-state index contributed by atoms with van der Waals surface area (Å²) in [6.07, 6.45) is -8.55. The zero-order valence-electron chi connectivity index (χ0n) is 17.5. The predicted molar refractivity (Wildman–Crippen MR) is 104 cm³/mol. The van der Waals surface area contributed by atoms with Crippen LogP contribution >= 0.6 is 0 Å². The van der Waals surface area contributed by atoms with Gasteiger partial charge in [0.1, 0.15) is 12.1 Å². The molecule has 0 aliphatic heterocycles. The van der Waals surface area contributed by atoms with Crippen molar-refractivity contribution in [2.75, 3.05) is 11.9 Å². The number of nitrogens with one attached hydrogen (secondary N) is 1. The van der Waals surface area contributed by atoms with Crippen molar-refractivity contribution in [3.63, 3.8) is 0 Å². The summed E-state index contributed by atoms with van der Waals surface area (Å²) in [4.78, 5) is 20.0. The molecule has 0 saturated heterocycles. The van der Waals surface area contributed by atoms with Crippen LogP contribution in [0.3, 0.4) is 0 Å². The van der Waals surface area contributed by atoms with Crippen molar-refractivity contribution in [2.24, 2.45) is 0 Å². The van der Waals surface area contributed by atoms with Crippen LogP contribution in [0.4, 0.5) is 32.2 Å². The first-order chi connectivity index (χ1) is 15.4. The van der Waals surface area contributed by atoms with Crippen LogP contribution in [-0.4, -0.2) is 32.2 Å². The highest BCUT2D eigenvalue weighted by molar-refractivity contribution is 5.70. The second-order valence-electron chi connectivity index (χ2n) is 7.07. The van der Waals surface area contributed by atoms with Gasteiger partial charge in [0.15, 0.2) is 0 Å². The van der Waals surface area contributed by atoms with Crippen LogP contribution in [-0.2, 0) is 34.8 Å². The SMILES string of the molecule is CCOC(=O)CCc1c(C)nc2ncnn2c1NCc1cc(C(F)(F)F)cc(C(F)(F)F)c1. The maximum Gasteiger partial charge on any atom is 0.416 e. The lowest BCUT2D eigenvalue weighted by Crippen LogP contribution is -2.15. The van der Waals surface area contributed by atoms with Crippen molar-refractivity contribution < 1.29 is 35.9 Å². The molecule has 0 amide bonds. The van der Waals surface area contributed by atoms with Gasteiger partial charge in [0.25, 0.3) is 5.78 Å². The molecule has 3 rings (SSSR count). The molecule has 7 nitrogen and oxygen atoms in total. The molecule has 1 aromatic carbocycles. The molecule has 0 unspecified atom stereocenters. The number of rotatable bonds is 7. The number of hydrogen-bond donors (Lipinski definition) is 1. The molecule has 33 heavy (non-hydrogen) atoms. The summed E-state index contributed by atoms with van der Waals surface area (Å²) < 4.78 is 85.1. The van der Waals surface area contributed by atoms with Crippen LogP contribution in [0.1, 0.15) is 41.3 Å². The van der Waals surface area contributed by atoms with Crippen LogP contribution in [0.5, 0.6) is 0 Å². The summed E-state index contributed by atoms with van der Waals surface area (Å²) >= 11 is 0. The minimum Gasteiger partial charge on any atom is -0.466 e. The number of esters is 1. The van der Waals surface area contributed by atoms with E-state index in [-0.39, 0.29) is 49.2 Å². The van der Waals surface area contributed by atoms with E-state index in [2.05, 4.69) is 20.4 Å². The summed E-state index contributed by atoms with van der Waals surface area (Å²) in [5, 5.41) is 6.86. The molecule has 0 atom stereocenters. The number of carbonyl (C=O) groups excluding carboxylic acids is 1. The summed E-state index contributed by atoms with van der Waals surface area (Å²) in [6, 6.07) is 1.36. The molecule has 0 radical (unpaired) electrons. The van der Waals surface area contributed by atoms with Crippen LogP contribution in [0.15, 0.2) is 24.5 Å². The molecule has 2 heterocycles. The predicted octanol–water partition coefficient (Wildman–Crippen LogP) is 4.58. The normalized spacial score (nSPS) is 12.2. The number of anilines is 1. The van der Waals surface area contributed by atoms with Crippen LogP contribution in [0, 0.1) is 6.92 Å². The highest BCUT2D eigenvalue weighted by Crippen LogP contribution is 2.36. The van der Waals surface area contributed by atoms with Gasteiger partial charge < -0.3 is 10.1 Å². The zero-order chi connectivity index (χ0) is 24.4. The van der Waals surface area contributed by atoms with Gasteiger partial charge in [-0.3, -0.25) is 4.79 Å². The van der Waals surface area contributed by atoms with E-state index in [1.54, 1.807) is 13.8 Å². The number of carbonyl (C=O) groups is 1. The first-order valence-electron chi connectivity index (χ1n) is 9.77. The molecule has 0 fully saturated rings. The number of halogens is 6. The lowest BCUT2D eigenvalue weighted by atomic mass is 10.0. The first-order valence-corrected chi connectivity index (χ1v) is 9.77. The molecule has 0 spiro atoms. The Morgan fingerprint density at radius 2 is 1.73 bits per heavy atom. The van der Waals surface area contributed by atoms with Gasteiger partial charge in [-0.2, -0.15) is 40.9 Å². The average Bonchev–Trinajstić information content (AvgIpc) is 3.17. The Morgan fingerprint density at radius 1 is 1.09 bits per heavy atom. The van der Waals surface area contributed by atoms with Crippen molar-refractivity contribution in [1.82, 2.24) is 19.6 Å². The number of fused-ring (bicyclic) bond motifs is 1. The van der Waals surface area contributed by atoms with Gasteiger partial charge >= 0.3 is 18.3 Å². The van der Waals surface area contributed by atoms with Gasteiger partial charge in [-0.1, -0.05) is 0 Å². The van der Waals surface area contributed by atoms with Gasteiger partial charge in [-0.25, -0.2) is 4.98 Å². The fourth-order valence-electron chi connectivity index (χ4n) is 3.23. The molecule has 1 N–H and O–H groups in total. The van der Waals surface area contributed by atoms with E-state index in [0.29, 0.717) is 23.4 Å². The van der Waals surface area contributed by atoms with Gasteiger partial charge in [0.2, 0.25) is 0 Å². The highest BCUT2D eigenvalue weighted by atomic mass is 19.4. The summed E-state index contributed by atoms with van der Waals surface area (Å²) in [5.41, 5.74) is -2.08. The fourth-order valence-corrected chi connectivity index (χ4v) is 3.23. The Hall–Kier alpha value is -3.38. The number of aryl methyl sites for hydroxylation is 1. The Labute approximate surface area is 183 Å². The lowest BCUT2D eigenvalue weighted by molar-refractivity contribution is -0.144. The molecule has 2 aromatic heterocycles. The number of nitrogens with zero attached hydrogens (tertiary/aromatic N) is 4. The average molecular weight is 475 g/mol. The number of benzene rings is 1. The van der Waals surface area contributed by atoms with E-state index in [4.69, 9.17) is 4.74 Å². The van der Waals surface area contributed by atoms with Gasteiger partial charge in [0.05, 0.1) is 17.7 Å². The molecular weight excluding hydrogens is 456 g/mol. The molecule has 0 bridgehead atoms. The van der Waals surface area contributed by atoms with E-state index in [0.717, 1.165) is 0 Å². The largest absolute Gasteiger partial charge is 0.466 e. The molecule has 13 heteroatoms. The van der Waals surface area contributed by atoms with Crippen molar-refractivity contribution in [1.29, 1.82) is 0 Å². The second-order valence-corrected chi connectivity index (χ2v) is 7.07. The topological polar surface area (TPSA) is 81.4 Å². The Kier molecular flexibility index (Phi) is 6.79. The fraction of sp³-hybridized carbons (Fsp3) is 0.400. The van der Waals surface area contributed by atoms with Crippen LogP contribution in [0.2, 0.25) is 0 Å². The van der Waals surface area contributed by atoms with Gasteiger partial charge in [0, 0.05) is 24.2 Å². The van der Waals surface area contributed by atoms with Gasteiger partial charge in [-0.05, 0) is 44.0 Å². The molecule has 0 saturated carbocycles. The van der Waals surface area contributed by atoms with Crippen molar-refractivity contribution in [3.8, 4) is 0 Å². The summed E-state index contributed by atoms with van der Waals surface area (Å²) in [5.74, 6) is -0.0330. The number of alkyl halides is 6. The Balaban J connectivity index is 1.97. The number of hydrogen-bond acceptors (Lipinski definition) is 6. The van der Waals surface area contributed by atoms with Crippen LogP contribution in [0.25, 0.3) is 5.78 Å². The molecule has 3 aromatic rings. The van der Waals surface area contributed by atoms with Crippen molar-refractivity contribution in [2.45, 2.75) is 45.6 Å². The minimum absolute atomic E-state index is 0.00692. The van der Waals surface area contributed by atoms with Crippen molar-refractivity contribution >= 4 is 17.6 Å². The molecule has 0 aliphatic carbocycles. The Bertz CT molecular complexity index is 1120. The maximum atomic E-state index is 13.2. The van der Waals surface area contributed by atoms with Crippen LogP contribution < -0.4 is 5.32 Å². The molecular formula is C20H19F6N5O2. The molecule has 0 aliphatic rings. The van der Waals surface area contributed by atoms with E-state index in [9.17, 15) is 31.1 Å². The third kappa shape index (κ3) is 5.71. The maximum absolute atomic E-state index is 13.2.